The summed E-state index contributed by atoms with van der Waals surface area (Å²) in [6, 6.07) is 24.0. The quantitative estimate of drug-likeness (QED) is 0.0670. The highest BCUT2D eigenvalue weighted by Crippen LogP contribution is 2.21. The number of thioether (sulfide) groups is 1. The van der Waals surface area contributed by atoms with Gasteiger partial charge in [-0.3, -0.25) is 52.7 Å². The molecule has 25 nitrogen and oxygen atoms in total. The highest BCUT2D eigenvalue weighted by Gasteiger charge is 2.37. The van der Waals surface area contributed by atoms with E-state index in [1.165, 1.54) is 55.6 Å². The van der Waals surface area contributed by atoms with Crippen LogP contribution in [0, 0.1) is 5.92 Å². The minimum atomic E-state index is -1.75. The maximum absolute atomic E-state index is 14.9. The van der Waals surface area contributed by atoms with Gasteiger partial charge in [-0.2, -0.15) is 0 Å². The molecule has 0 saturated carbocycles. The number of nitrogens with one attached hydrogen (secondary N) is 9. The lowest BCUT2D eigenvalue weighted by Crippen LogP contribution is -2.61. The minimum absolute atomic E-state index is 0.0601. The fourth-order valence-corrected chi connectivity index (χ4v) is 11.1. The predicted octanol–water partition coefficient (Wildman–Crippen LogP) is 0.583. The maximum atomic E-state index is 14.9. The van der Waals surface area contributed by atoms with Gasteiger partial charge in [0, 0.05) is 62.0 Å². The summed E-state index contributed by atoms with van der Waals surface area (Å²) < 4.78 is 0. The molecular formula is C65H76N12O13S. The summed E-state index contributed by atoms with van der Waals surface area (Å²) in [5.41, 5.74) is 14.9. The van der Waals surface area contributed by atoms with Gasteiger partial charge >= 0.3 is 0 Å². The first-order chi connectivity index (χ1) is 43.5. The number of fused-ring (bicyclic) bond motifs is 1. The van der Waals surface area contributed by atoms with Crippen LogP contribution in [-0.4, -0.2) is 159 Å². The SMILES string of the molecule is CC(C)C[C@@H]1NC(=O)[C@H](CC(N)=O)NC(=O)[C@H](Cc2ccccc2)N(C)C(=O)CNC(=O)[C@H](Cc2ccc(O)cc2)NC(=O)[C@H](Cc2ccccc2)NC(=O)CSC[C@@H](C(N)=O)NC(=O)[C@H](Cc2c[nH]c3ccccc23)NC(=O)[C@H](Cc2ccc(O)cc2)NC1=O. The molecule has 1 aromatic heterocycles. The molecule has 1 aliphatic heterocycles. The number of para-hydroxylation sites is 1. The average Bonchev–Trinajstić information content (AvgIpc) is 2.53. The number of rotatable bonds is 15. The van der Waals surface area contributed by atoms with E-state index in [1.807, 2.05) is 0 Å². The topological polar surface area (TPSA) is 396 Å². The molecular weight excluding hydrogens is 1190 g/mol. The van der Waals surface area contributed by atoms with E-state index in [0.29, 0.717) is 38.7 Å². The largest absolute Gasteiger partial charge is 0.508 e. The molecule has 7 rings (SSSR count). The first kappa shape index (κ1) is 68.3. The van der Waals surface area contributed by atoms with Crippen molar-refractivity contribution in [1.29, 1.82) is 0 Å². The van der Waals surface area contributed by atoms with Gasteiger partial charge in [0.1, 0.15) is 59.8 Å². The second kappa shape index (κ2) is 32.8. The molecule has 6 aromatic rings. The van der Waals surface area contributed by atoms with E-state index in [4.69, 9.17) is 11.5 Å². The number of aromatic nitrogens is 1. The molecule has 11 amide bonds. The third-order valence-electron chi connectivity index (χ3n) is 15.1. The number of amides is 11. The number of H-pyrrole nitrogens is 1. The Hall–Kier alpha value is -10.2. The van der Waals surface area contributed by atoms with Crippen molar-refractivity contribution in [2.45, 2.75) is 107 Å². The first-order valence-electron chi connectivity index (χ1n) is 29.5. The van der Waals surface area contributed by atoms with Crippen molar-refractivity contribution in [2.24, 2.45) is 17.4 Å². The zero-order valence-electron chi connectivity index (χ0n) is 50.4. The molecule has 0 unspecified atom stereocenters. The van der Waals surface area contributed by atoms with E-state index in [9.17, 15) is 63.0 Å². The Morgan fingerprint density at radius 1 is 0.527 bits per heavy atom. The Kier molecular flexibility index (Phi) is 24.6. The van der Waals surface area contributed by atoms with Crippen LogP contribution in [0.4, 0.5) is 0 Å². The molecule has 0 aliphatic carbocycles. The van der Waals surface area contributed by atoms with Crippen LogP contribution >= 0.6 is 11.8 Å². The minimum Gasteiger partial charge on any atom is -0.508 e. The fraction of sp³-hybridized carbons (Fsp3) is 0.338. The summed E-state index contributed by atoms with van der Waals surface area (Å²) >= 11 is 0.886. The number of likely N-dealkylation sites (N-methyl/N-ethyl adjacent to an activating group) is 1. The van der Waals surface area contributed by atoms with Crippen LogP contribution in [0.1, 0.15) is 54.5 Å². The van der Waals surface area contributed by atoms with Crippen LogP contribution in [-0.2, 0) is 84.8 Å². The van der Waals surface area contributed by atoms with E-state index >= 15 is 0 Å². The van der Waals surface area contributed by atoms with E-state index in [-0.39, 0.29) is 67.4 Å². The second-order valence-electron chi connectivity index (χ2n) is 22.6. The van der Waals surface area contributed by atoms with Crippen LogP contribution < -0.4 is 54.0 Å². The van der Waals surface area contributed by atoms with Gasteiger partial charge < -0.3 is 74.1 Å². The summed E-state index contributed by atoms with van der Waals surface area (Å²) in [7, 11) is 1.29. The molecule has 5 aromatic carbocycles. The van der Waals surface area contributed by atoms with Crippen LogP contribution in [0.15, 0.2) is 140 Å². The van der Waals surface area contributed by atoms with Crippen molar-refractivity contribution < 1.29 is 63.0 Å². The number of hydrogen-bond donors (Lipinski definition) is 13. The fourth-order valence-electron chi connectivity index (χ4n) is 10.2. The number of aromatic amines is 1. The molecule has 0 radical (unpaired) electrons. The van der Waals surface area contributed by atoms with Gasteiger partial charge in [-0.15, -0.1) is 11.8 Å². The van der Waals surface area contributed by atoms with Gasteiger partial charge in [0.2, 0.25) is 65.0 Å². The lowest BCUT2D eigenvalue weighted by Gasteiger charge is -2.30. The molecule has 8 atom stereocenters. The van der Waals surface area contributed by atoms with Crippen LogP contribution in [0.25, 0.3) is 10.9 Å². The van der Waals surface area contributed by atoms with Crippen LogP contribution in [0.3, 0.4) is 0 Å². The van der Waals surface area contributed by atoms with Gasteiger partial charge in [-0.05, 0) is 70.5 Å². The molecule has 0 spiro atoms. The van der Waals surface area contributed by atoms with Crippen LogP contribution in [0.2, 0.25) is 0 Å². The zero-order valence-corrected chi connectivity index (χ0v) is 51.3. The van der Waals surface area contributed by atoms with Crippen LogP contribution in [0.5, 0.6) is 11.5 Å². The van der Waals surface area contributed by atoms with Crippen molar-refractivity contribution in [3.63, 3.8) is 0 Å². The van der Waals surface area contributed by atoms with Crippen molar-refractivity contribution in [2.75, 3.05) is 25.1 Å². The molecule has 1 aliphatic rings. The van der Waals surface area contributed by atoms with Crippen molar-refractivity contribution in [1.82, 2.24) is 52.4 Å². The lowest BCUT2D eigenvalue weighted by molar-refractivity contribution is -0.141. The second-order valence-corrected chi connectivity index (χ2v) is 23.7. The summed E-state index contributed by atoms with van der Waals surface area (Å²) in [6.07, 6.45) is -0.0320. The first-order valence-corrected chi connectivity index (χ1v) is 30.6. The number of aromatic hydroxyl groups is 2. The molecule has 480 valence electrons. The Morgan fingerprint density at radius 2 is 0.978 bits per heavy atom. The number of hydrogen-bond acceptors (Lipinski definition) is 14. The Bertz CT molecular complexity index is 3560. The number of phenols is 2. The zero-order chi connectivity index (χ0) is 65.7. The monoisotopic (exact) mass is 1260 g/mol. The molecule has 1 saturated heterocycles. The maximum Gasteiger partial charge on any atom is 0.243 e. The predicted molar refractivity (Wildman–Crippen MR) is 339 cm³/mol. The summed E-state index contributed by atoms with van der Waals surface area (Å²) in [5.74, 6) is -11.1. The van der Waals surface area contributed by atoms with Gasteiger partial charge in [-0.1, -0.05) is 117 Å². The Labute approximate surface area is 529 Å². The van der Waals surface area contributed by atoms with E-state index < -0.39 is 126 Å². The average molecular weight is 1270 g/mol. The summed E-state index contributed by atoms with van der Waals surface area (Å²) in [6.45, 7) is 2.77. The van der Waals surface area contributed by atoms with E-state index in [0.717, 1.165) is 16.7 Å². The highest BCUT2D eigenvalue weighted by atomic mass is 32.2. The summed E-state index contributed by atoms with van der Waals surface area (Å²) in [5, 5.41) is 42.2. The number of nitrogens with zero attached hydrogens (tertiary/aromatic N) is 1. The number of carbonyl (C=O) groups excluding carboxylic acids is 11. The Balaban J connectivity index is 1.27. The molecule has 15 N–H and O–H groups in total. The molecule has 91 heavy (non-hydrogen) atoms. The molecule has 2 heterocycles. The van der Waals surface area contributed by atoms with Gasteiger partial charge in [0.05, 0.1) is 18.7 Å². The molecule has 1 fully saturated rings. The van der Waals surface area contributed by atoms with Crippen molar-refractivity contribution in [3.05, 3.63) is 167 Å². The number of primary amides is 2. The van der Waals surface area contributed by atoms with E-state index in [1.54, 1.807) is 105 Å². The Morgan fingerprint density at radius 3 is 1.53 bits per heavy atom. The van der Waals surface area contributed by atoms with Gasteiger partial charge in [-0.25, -0.2) is 0 Å². The smallest absolute Gasteiger partial charge is 0.243 e. The highest BCUT2D eigenvalue weighted by molar-refractivity contribution is 8.00. The number of benzene rings is 5. The van der Waals surface area contributed by atoms with E-state index in [2.05, 4.69) is 47.5 Å². The van der Waals surface area contributed by atoms with Crippen molar-refractivity contribution >= 4 is 87.6 Å². The van der Waals surface area contributed by atoms with Crippen molar-refractivity contribution in [3.8, 4) is 11.5 Å². The number of carbonyl (C=O) groups is 11. The lowest BCUT2D eigenvalue weighted by atomic mass is 9.99. The van der Waals surface area contributed by atoms with Gasteiger partial charge in [0.15, 0.2) is 0 Å². The molecule has 26 heteroatoms. The van der Waals surface area contributed by atoms with Gasteiger partial charge in [0.25, 0.3) is 0 Å². The molecule has 0 bridgehead atoms. The summed E-state index contributed by atoms with van der Waals surface area (Å²) in [4.78, 5) is 161. The standard InChI is InChI=1S/C65H76N12O13S/c1-37(2)26-47-60(85)73-50(29-41-20-24-44(79)25-21-41)62(87)74-51(31-42-33-68-46-17-11-10-16-45(42)46)63(88)76-53(58(67)83)35-91-36-56(81)70-49(27-38-12-6-4-7-13-38)61(86)72-48(28-40-18-22-43(78)23-19-40)59(84)69-34-57(82)77(3)54(30-39-14-8-5-9-15-39)65(90)75-52(32-55(66)80)64(89)71-47/h4-25,33,37,47-54,68,78-79H,26-32,34-36H2,1-3H3,(H2,66,80)(H2,67,83)(H,69,84)(H,70,81)(H,71,89)(H,72,86)(H,73,85)(H,74,87)(H,75,90)(H,76,88)/t47-,48-,49-,50-,51-,52-,53-,54-/m0/s1. The third-order valence-corrected chi connectivity index (χ3v) is 16.1. The number of nitrogens with two attached hydrogens (primary N) is 2. The normalized spacial score (nSPS) is 21.8. The number of phenolic OH excluding ortho intramolecular Hbond substituents is 2. The third kappa shape index (κ3) is 20.7.